The summed E-state index contributed by atoms with van der Waals surface area (Å²) in [5.41, 5.74) is 1.50. The van der Waals surface area contributed by atoms with E-state index in [9.17, 15) is 9.90 Å². The van der Waals surface area contributed by atoms with E-state index in [0.29, 0.717) is 9.54 Å². The van der Waals surface area contributed by atoms with Gasteiger partial charge in [0.2, 0.25) is 0 Å². The van der Waals surface area contributed by atoms with E-state index in [4.69, 9.17) is 24.4 Å². The number of nitrogens with zero attached hydrogens (tertiary/aromatic N) is 2. The molecule has 120 valence electrons. The van der Waals surface area contributed by atoms with Crippen LogP contribution in [-0.2, 0) is 17.3 Å². The van der Waals surface area contributed by atoms with Gasteiger partial charge in [0.05, 0.1) is 11.1 Å². The second-order valence-electron chi connectivity index (χ2n) is 5.98. The molecule has 0 atom stereocenters. The van der Waals surface area contributed by atoms with E-state index in [1.165, 1.54) is 0 Å². The molecule has 0 aliphatic rings. The van der Waals surface area contributed by atoms with Gasteiger partial charge in [0.25, 0.3) is 0 Å². The fourth-order valence-electron chi connectivity index (χ4n) is 2.68. The number of aliphatic carboxylic acids is 1. The Morgan fingerprint density at radius 1 is 1.22 bits per heavy atom. The van der Waals surface area contributed by atoms with Gasteiger partial charge in [-0.3, -0.25) is 19.6 Å². The van der Waals surface area contributed by atoms with Gasteiger partial charge in [0.15, 0.2) is 9.54 Å². The largest absolute Gasteiger partial charge is 0.481 e. The van der Waals surface area contributed by atoms with Crippen LogP contribution in [0.4, 0.5) is 0 Å². The highest BCUT2D eigenvalue weighted by molar-refractivity contribution is 7.72. The molecule has 3 N–H and O–H groups in total. The van der Waals surface area contributed by atoms with Crippen LogP contribution in [0.5, 0.6) is 0 Å². The van der Waals surface area contributed by atoms with Gasteiger partial charge in [-0.25, -0.2) is 0 Å². The number of aromatic nitrogens is 4. The summed E-state index contributed by atoms with van der Waals surface area (Å²) in [6, 6.07) is 5.77. The van der Waals surface area contributed by atoms with Crippen LogP contribution in [0.15, 0.2) is 24.4 Å². The Kier molecular flexibility index (Phi) is 3.53. The first-order valence-corrected chi connectivity index (χ1v) is 7.78. The summed E-state index contributed by atoms with van der Waals surface area (Å²) in [7, 11) is 1.90. The molecule has 0 spiro atoms. The van der Waals surface area contributed by atoms with E-state index in [1.54, 1.807) is 18.4 Å². The third kappa shape index (κ3) is 2.34. The number of aryl methyl sites for hydroxylation is 1. The average molecular weight is 348 g/mol. The first-order valence-electron chi connectivity index (χ1n) is 6.96. The first-order chi connectivity index (χ1) is 10.7. The summed E-state index contributed by atoms with van der Waals surface area (Å²) in [6.07, 6.45) is 1.86. The summed E-state index contributed by atoms with van der Waals surface area (Å²) in [4.78, 5) is 11.6. The number of carbonyl (C=O) groups is 1. The van der Waals surface area contributed by atoms with Crippen molar-refractivity contribution in [1.29, 1.82) is 0 Å². The van der Waals surface area contributed by atoms with Gasteiger partial charge in [0.1, 0.15) is 0 Å². The van der Waals surface area contributed by atoms with Crippen LogP contribution in [0.25, 0.3) is 16.6 Å². The Hall–Kier alpha value is -2.19. The molecule has 6 nitrogen and oxygen atoms in total. The molecule has 0 radical (unpaired) electrons. The topological polar surface area (TPSA) is 78.7 Å². The van der Waals surface area contributed by atoms with E-state index in [0.717, 1.165) is 22.2 Å². The highest BCUT2D eigenvalue weighted by atomic mass is 32.1. The highest BCUT2D eigenvalue weighted by Gasteiger charge is 2.32. The zero-order valence-corrected chi connectivity index (χ0v) is 14.5. The Bertz CT molecular complexity index is 1010. The maximum absolute atomic E-state index is 11.6. The minimum atomic E-state index is -0.999. The highest BCUT2D eigenvalue weighted by Crippen LogP contribution is 2.33. The maximum Gasteiger partial charge on any atom is 0.313 e. The van der Waals surface area contributed by atoms with Crippen molar-refractivity contribution >= 4 is 41.3 Å². The number of carboxylic acids is 1. The molecule has 0 unspecified atom stereocenters. The molecule has 0 aliphatic heterocycles. The molecule has 0 saturated carbocycles. The summed E-state index contributed by atoms with van der Waals surface area (Å²) in [5.74, 6) is -0.869. The minimum Gasteiger partial charge on any atom is -0.481 e. The van der Waals surface area contributed by atoms with Crippen molar-refractivity contribution in [2.75, 3.05) is 0 Å². The summed E-state index contributed by atoms with van der Waals surface area (Å²) >= 11 is 10.5. The predicted molar refractivity (Wildman–Crippen MR) is 93.3 cm³/mol. The van der Waals surface area contributed by atoms with Crippen molar-refractivity contribution in [3.63, 3.8) is 0 Å². The summed E-state index contributed by atoms with van der Waals surface area (Å²) < 4.78 is 4.55. The van der Waals surface area contributed by atoms with Gasteiger partial charge in [0, 0.05) is 24.1 Å². The van der Waals surface area contributed by atoms with Crippen molar-refractivity contribution in [2.24, 2.45) is 7.05 Å². The Morgan fingerprint density at radius 3 is 2.39 bits per heavy atom. The lowest BCUT2D eigenvalue weighted by molar-refractivity contribution is -0.142. The maximum atomic E-state index is 11.6. The van der Waals surface area contributed by atoms with Crippen LogP contribution in [-0.4, -0.2) is 30.4 Å². The predicted octanol–water partition coefficient (Wildman–Crippen LogP) is 3.45. The lowest BCUT2D eigenvalue weighted by Gasteiger charge is -2.18. The number of carboxylic acid groups (broad SMARTS) is 1. The third-order valence-electron chi connectivity index (χ3n) is 4.12. The van der Waals surface area contributed by atoms with Crippen molar-refractivity contribution < 1.29 is 9.90 Å². The molecule has 3 aromatic rings. The lowest BCUT2D eigenvalue weighted by Crippen LogP contribution is -2.28. The second kappa shape index (κ2) is 5.17. The number of hydrogen-bond acceptors (Lipinski definition) is 3. The van der Waals surface area contributed by atoms with Gasteiger partial charge in [-0.05, 0) is 62.0 Å². The average Bonchev–Trinajstić information content (AvgIpc) is 2.99. The molecule has 0 saturated heterocycles. The van der Waals surface area contributed by atoms with E-state index >= 15 is 0 Å². The zero-order valence-electron chi connectivity index (χ0n) is 12.9. The van der Waals surface area contributed by atoms with Crippen molar-refractivity contribution in [2.45, 2.75) is 19.3 Å². The van der Waals surface area contributed by atoms with Crippen LogP contribution < -0.4 is 0 Å². The van der Waals surface area contributed by atoms with Gasteiger partial charge in [-0.1, -0.05) is 0 Å². The number of rotatable bonds is 3. The van der Waals surface area contributed by atoms with Gasteiger partial charge in [-0.15, -0.1) is 0 Å². The van der Waals surface area contributed by atoms with E-state index < -0.39 is 11.4 Å². The fraction of sp³-hybridized carbons (Fsp3) is 0.267. The quantitative estimate of drug-likeness (QED) is 0.634. The van der Waals surface area contributed by atoms with Crippen LogP contribution in [0.2, 0.25) is 0 Å². The molecule has 2 heterocycles. The molecule has 0 bridgehead atoms. The van der Waals surface area contributed by atoms with Crippen molar-refractivity contribution in [1.82, 2.24) is 19.3 Å². The van der Waals surface area contributed by atoms with Gasteiger partial charge in [-0.2, -0.15) is 0 Å². The molecule has 0 fully saturated rings. The number of hydrogen-bond donors (Lipinski definition) is 3. The molecule has 0 aliphatic carbocycles. The second-order valence-corrected chi connectivity index (χ2v) is 6.75. The number of benzene rings is 1. The Balaban J connectivity index is 2.34. The minimum absolute atomic E-state index is 0.462. The SMILES string of the molecule is Cn1cc(C(C)(C)C(=O)O)c2cc(-n3c(=S)[nH][nH]c3=S)ccc21. The smallest absolute Gasteiger partial charge is 0.313 e. The number of fused-ring (bicyclic) bond motifs is 1. The first kappa shape index (κ1) is 15.7. The molecule has 0 amide bonds. The van der Waals surface area contributed by atoms with Crippen LogP contribution in [0.3, 0.4) is 0 Å². The normalized spacial score (nSPS) is 12.0. The van der Waals surface area contributed by atoms with E-state index in [-0.39, 0.29) is 0 Å². The monoisotopic (exact) mass is 348 g/mol. The van der Waals surface area contributed by atoms with Crippen LogP contribution in [0.1, 0.15) is 19.4 Å². The van der Waals surface area contributed by atoms with Gasteiger partial charge >= 0.3 is 5.97 Å². The lowest BCUT2D eigenvalue weighted by atomic mass is 9.84. The summed E-state index contributed by atoms with van der Waals surface area (Å²) in [6.45, 7) is 3.40. The summed E-state index contributed by atoms with van der Waals surface area (Å²) in [5, 5.41) is 16.0. The Labute approximate surface area is 142 Å². The molecular formula is C15H16N4O2S2. The number of H-pyrrole nitrogens is 2. The fourth-order valence-corrected chi connectivity index (χ4v) is 3.23. The standard InChI is InChI=1S/C15H16N4O2S2/c1-15(2,12(20)21)10-7-18(3)11-5-4-8(6-9(10)11)19-13(22)16-17-14(19)23/h4-7H,1-3H3,(H,16,22)(H,17,23)(H,20,21). The van der Waals surface area contributed by atoms with Crippen molar-refractivity contribution in [3.05, 3.63) is 39.5 Å². The van der Waals surface area contributed by atoms with Crippen LogP contribution >= 0.6 is 24.4 Å². The molecular weight excluding hydrogens is 332 g/mol. The number of aromatic amines is 2. The van der Waals surface area contributed by atoms with Gasteiger partial charge < -0.3 is 9.67 Å². The molecule has 3 rings (SSSR count). The third-order valence-corrected chi connectivity index (χ3v) is 4.69. The Morgan fingerprint density at radius 2 is 1.83 bits per heavy atom. The zero-order chi connectivity index (χ0) is 16.9. The molecule has 23 heavy (non-hydrogen) atoms. The van der Waals surface area contributed by atoms with Crippen LogP contribution in [0, 0.1) is 9.54 Å². The number of nitrogens with one attached hydrogen (secondary N) is 2. The van der Waals surface area contributed by atoms with E-state index in [2.05, 4.69) is 10.2 Å². The van der Waals surface area contributed by atoms with Crippen molar-refractivity contribution in [3.8, 4) is 5.69 Å². The molecule has 8 heteroatoms. The van der Waals surface area contributed by atoms with E-state index in [1.807, 2.05) is 36.0 Å². The molecule has 2 aromatic heterocycles. The molecule has 1 aromatic carbocycles.